The van der Waals surface area contributed by atoms with Crippen LogP contribution >= 0.6 is 0 Å². The molecule has 0 fully saturated rings. The molecule has 4 aromatic rings. The zero-order chi connectivity index (χ0) is 23.6. The van der Waals surface area contributed by atoms with Gasteiger partial charge in [-0.1, -0.05) is 5.16 Å². The lowest BCUT2D eigenvalue weighted by molar-refractivity contribution is -0.137. The van der Waals surface area contributed by atoms with Gasteiger partial charge in [-0.15, -0.1) is 0 Å². The first kappa shape index (κ1) is 22.0. The van der Waals surface area contributed by atoms with Gasteiger partial charge in [0.1, 0.15) is 11.3 Å². The average molecular weight is 459 g/mol. The summed E-state index contributed by atoms with van der Waals surface area (Å²) in [6, 6.07) is 9.06. The van der Waals surface area contributed by atoms with Crippen LogP contribution in [-0.4, -0.2) is 38.0 Å². The van der Waals surface area contributed by atoms with E-state index >= 15 is 0 Å². The van der Waals surface area contributed by atoms with E-state index in [2.05, 4.69) is 20.2 Å². The molecule has 0 bridgehead atoms. The first-order valence-corrected chi connectivity index (χ1v) is 9.48. The fourth-order valence-electron chi connectivity index (χ4n) is 2.90. The molecule has 0 amide bonds. The van der Waals surface area contributed by atoms with Gasteiger partial charge in [0.25, 0.3) is 5.89 Å². The van der Waals surface area contributed by atoms with Crippen LogP contribution in [0.4, 0.5) is 13.2 Å². The third-order valence-corrected chi connectivity index (χ3v) is 4.66. The molecular formula is C21H16F3N5O4. The van der Waals surface area contributed by atoms with Crippen LogP contribution in [-0.2, 0) is 17.5 Å². The largest absolute Gasteiger partial charge is 0.497 e. The van der Waals surface area contributed by atoms with Gasteiger partial charge in [0.15, 0.2) is 12.4 Å². The standard InChI is InChI=1S/C21H16F3N5O4/c1-12-16(10-26-29(12)17-8-5-14(9-25-17)21(22,23)24)20(30)32-11-18-27-19(28-33-18)13-3-6-15(31-2)7-4-13/h3-10H,11H2,1-2H3. The van der Waals surface area contributed by atoms with E-state index in [4.69, 9.17) is 14.0 Å². The Bertz CT molecular complexity index is 1260. The maximum atomic E-state index is 12.7. The lowest BCUT2D eigenvalue weighted by atomic mass is 10.2. The van der Waals surface area contributed by atoms with Crippen molar-refractivity contribution in [1.82, 2.24) is 24.9 Å². The molecular weight excluding hydrogens is 443 g/mol. The zero-order valence-corrected chi connectivity index (χ0v) is 17.3. The molecule has 12 heteroatoms. The van der Waals surface area contributed by atoms with Crippen molar-refractivity contribution in [2.75, 3.05) is 7.11 Å². The highest BCUT2D eigenvalue weighted by atomic mass is 19.4. The number of nitrogens with zero attached hydrogens (tertiary/aromatic N) is 5. The number of hydrogen-bond acceptors (Lipinski definition) is 8. The molecule has 3 aromatic heterocycles. The summed E-state index contributed by atoms with van der Waals surface area (Å²) in [7, 11) is 1.56. The quantitative estimate of drug-likeness (QED) is 0.398. The van der Waals surface area contributed by atoms with Gasteiger partial charge in [0.05, 0.1) is 24.6 Å². The molecule has 0 aliphatic heterocycles. The number of carbonyl (C=O) groups excluding carboxylic acids is 1. The lowest BCUT2D eigenvalue weighted by Gasteiger charge is -2.08. The number of pyridine rings is 1. The molecule has 0 saturated heterocycles. The first-order valence-electron chi connectivity index (χ1n) is 9.48. The molecule has 0 spiro atoms. The molecule has 9 nitrogen and oxygen atoms in total. The topological polar surface area (TPSA) is 105 Å². The minimum absolute atomic E-state index is 0.0867. The highest BCUT2D eigenvalue weighted by Crippen LogP contribution is 2.29. The minimum Gasteiger partial charge on any atom is -0.497 e. The smallest absolute Gasteiger partial charge is 0.417 e. The number of carbonyl (C=O) groups is 1. The Hall–Kier alpha value is -4.22. The number of methoxy groups -OCH3 is 1. The van der Waals surface area contributed by atoms with E-state index in [-0.39, 0.29) is 23.9 Å². The Morgan fingerprint density at radius 1 is 1.12 bits per heavy atom. The number of benzene rings is 1. The van der Waals surface area contributed by atoms with Crippen molar-refractivity contribution in [3.8, 4) is 23.0 Å². The van der Waals surface area contributed by atoms with Crippen LogP contribution in [0.15, 0.2) is 53.3 Å². The van der Waals surface area contributed by atoms with Gasteiger partial charge in [0.2, 0.25) is 5.82 Å². The van der Waals surface area contributed by atoms with E-state index in [9.17, 15) is 18.0 Å². The second-order valence-corrected chi connectivity index (χ2v) is 6.77. The second kappa shape index (κ2) is 8.73. The van der Waals surface area contributed by atoms with E-state index in [0.717, 1.165) is 12.1 Å². The van der Waals surface area contributed by atoms with Gasteiger partial charge in [-0.05, 0) is 43.3 Å². The molecule has 33 heavy (non-hydrogen) atoms. The molecule has 0 atom stereocenters. The van der Waals surface area contributed by atoms with Crippen LogP contribution in [0.25, 0.3) is 17.2 Å². The summed E-state index contributed by atoms with van der Waals surface area (Å²) < 4.78 is 54.8. The van der Waals surface area contributed by atoms with Crippen LogP contribution in [0.1, 0.15) is 27.5 Å². The summed E-state index contributed by atoms with van der Waals surface area (Å²) in [6.45, 7) is 1.29. The molecule has 3 heterocycles. The van der Waals surface area contributed by atoms with Crippen molar-refractivity contribution in [3.05, 3.63) is 71.5 Å². The van der Waals surface area contributed by atoms with Crippen molar-refractivity contribution < 1.29 is 32.0 Å². The predicted octanol–water partition coefficient (Wildman–Crippen LogP) is 4.01. The molecule has 1 aromatic carbocycles. The van der Waals surface area contributed by atoms with Gasteiger partial charge in [-0.25, -0.2) is 14.5 Å². The maximum Gasteiger partial charge on any atom is 0.417 e. The van der Waals surface area contributed by atoms with Crippen LogP contribution in [0.5, 0.6) is 5.75 Å². The fourth-order valence-corrected chi connectivity index (χ4v) is 2.90. The van der Waals surface area contributed by atoms with E-state index in [1.165, 1.54) is 10.9 Å². The predicted molar refractivity (Wildman–Crippen MR) is 107 cm³/mol. The number of esters is 1. The fraction of sp³-hybridized carbons (Fsp3) is 0.190. The second-order valence-electron chi connectivity index (χ2n) is 6.77. The number of ether oxygens (including phenoxy) is 2. The van der Waals surface area contributed by atoms with Crippen molar-refractivity contribution in [2.45, 2.75) is 19.7 Å². The molecule has 170 valence electrons. The molecule has 0 N–H and O–H groups in total. The van der Waals surface area contributed by atoms with Gasteiger partial charge < -0.3 is 14.0 Å². The van der Waals surface area contributed by atoms with E-state index in [1.807, 2.05) is 0 Å². The molecule has 0 saturated carbocycles. The van der Waals surface area contributed by atoms with Crippen molar-refractivity contribution in [1.29, 1.82) is 0 Å². The van der Waals surface area contributed by atoms with Crippen LogP contribution in [0.3, 0.4) is 0 Å². The Morgan fingerprint density at radius 2 is 1.88 bits per heavy atom. The third-order valence-electron chi connectivity index (χ3n) is 4.66. The molecule has 0 aliphatic rings. The number of rotatable bonds is 6. The highest BCUT2D eigenvalue weighted by molar-refractivity contribution is 5.90. The molecule has 0 aliphatic carbocycles. The Morgan fingerprint density at radius 3 is 2.52 bits per heavy atom. The normalized spacial score (nSPS) is 11.4. The molecule has 0 unspecified atom stereocenters. The van der Waals surface area contributed by atoms with Gasteiger partial charge in [0, 0.05) is 11.8 Å². The Labute approximate surface area is 184 Å². The first-order chi connectivity index (χ1) is 15.8. The molecule has 4 rings (SSSR count). The van der Waals surface area contributed by atoms with Gasteiger partial charge >= 0.3 is 12.1 Å². The minimum atomic E-state index is -4.50. The summed E-state index contributed by atoms with van der Waals surface area (Å²) in [5, 5.41) is 7.88. The number of alkyl halides is 3. The number of aromatic nitrogens is 5. The van der Waals surface area contributed by atoms with Gasteiger partial charge in [-0.3, -0.25) is 0 Å². The van der Waals surface area contributed by atoms with Crippen molar-refractivity contribution in [2.24, 2.45) is 0 Å². The van der Waals surface area contributed by atoms with E-state index in [0.29, 0.717) is 29.0 Å². The Balaban J connectivity index is 1.42. The third kappa shape index (κ3) is 4.68. The van der Waals surface area contributed by atoms with Crippen molar-refractivity contribution >= 4 is 5.97 Å². The van der Waals surface area contributed by atoms with E-state index < -0.39 is 17.7 Å². The van der Waals surface area contributed by atoms with Crippen molar-refractivity contribution in [3.63, 3.8) is 0 Å². The van der Waals surface area contributed by atoms with Crippen LogP contribution in [0.2, 0.25) is 0 Å². The summed E-state index contributed by atoms with van der Waals surface area (Å²) in [6.07, 6.45) is -2.56. The highest BCUT2D eigenvalue weighted by Gasteiger charge is 2.31. The Kier molecular flexibility index (Phi) is 5.82. The van der Waals surface area contributed by atoms with Crippen LogP contribution in [0, 0.1) is 6.92 Å². The summed E-state index contributed by atoms with van der Waals surface area (Å²) >= 11 is 0. The maximum absolute atomic E-state index is 12.7. The number of hydrogen-bond donors (Lipinski definition) is 0. The van der Waals surface area contributed by atoms with Crippen LogP contribution < -0.4 is 4.74 Å². The summed E-state index contributed by atoms with van der Waals surface area (Å²) in [4.78, 5) is 20.4. The average Bonchev–Trinajstić information content (AvgIpc) is 3.44. The molecule has 0 radical (unpaired) electrons. The SMILES string of the molecule is COc1ccc(-c2noc(COC(=O)c3cnn(-c4ccc(C(F)(F)F)cn4)c3C)n2)cc1. The lowest BCUT2D eigenvalue weighted by Crippen LogP contribution is -2.09. The zero-order valence-electron chi connectivity index (χ0n) is 17.3. The summed E-state index contributed by atoms with van der Waals surface area (Å²) in [5.74, 6) is 0.499. The van der Waals surface area contributed by atoms with Gasteiger partial charge in [-0.2, -0.15) is 23.3 Å². The monoisotopic (exact) mass is 459 g/mol. The number of halogens is 3. The van der Waals surface area contributed by atoms with E-state index in [1.54, 1.807) is 38.3 Å². The summed E-state index contributed by atoms with van der Waals surface area (Å²) in [5.41, 5.74) is 0.269.